The van der Waals surface area contributed by atoms with Crippen molar-refractivity contribution in [3.8, 4) is 0 Å². The van der Waals surface area contributed by atoms with Crippen molar-refractivity contribution in [3.63, 3.8) is 0 Å². The van der Waals surface area contributed by atoms with Gasteiger partial charge in [-0.2, -0.15) is 0 Å². The first-order valence-corrected chi connectivity index (χ1v) is 12.0. The van der Waals surface area contributed by atoms with Gasteiger partial charge in [-0.25, -0.2) is 4.98 Å². The number of nitrogens with zero attached hydrogens (tertiary/aromatic N) is 2. The van der Waals surface area contributed by atoms with Gasteiger partial charge < -0.3 is 5.32 Å². The molecule has 1 aromatic carbocycles. The van der Waals surface area contributed by atoms with Gasteiger partial charge in [0.25, 0.3) is 5.56 Å². The van der Waals surface area contributed by atoms with E-state index in [2.05, 4.69) is 11.9 Å². The summed E-state index contributed by atoms with van der Waals surface area (Å²) in [6.07, 6.45) is 5.93. The van der Waals surface area contributed by atoms with Gasteiger partial charge in [0.1, 0.15) is 4.83 Å². The standard InChI is InChI=1S/C22H22ClN3O2S2/c1-2-10-26-21(28)19-16-8-3-4-9-17(16)30-20(19)25-22(26)29-13-18(27)24-12-14-6-5-7-15(23)11-14/h2,5-7,11H,1,3-4,8-10,12-13H2,(H,24,27). The molecule has 156 valence electrons. The minimum atomic E-state index is -0.120. The third kappa shape index (κ3) is 4.48. The fourth-order valence-electron chi connectivity index (χ4n) is 3.65. The van der Waals surface area contributed by atoms with E-state index >= 15 is 0 Å². The second kappa shape index (κ2) is 9.37. The lowest BCUT2D eigenvalue weighted by molar-refractivity contribution is -0.118. The van der Waals surface area contributed by atoms with E-state index in [1.54, 1.807) is 28.0 Å². The van der Waals surface area contributed by atoms with Crippen molar-refractivity contribution in [3.05, 3.63) is 68.3 Å². The van der Waals surface area contributed by atoms with Crippen LogP contribution in [-0.4, -0.2) is 21.2 Å². The number of amides is 1. The second-order valence-electron chi connectivity index (χ2n) is 7.19. The monoisotopic (exact) mass is 459 g/mol. The molecule has 0 saturated carbocycles. The summed E-state index contributed by atoms with van der Waals surface area (Å²) in [6, 6.07) is 7.39. The maximum Gasteiger partial charge on any atom is 0.263 e. The third-order valence-electron chi connectivity index (χ3n) is 5.06. The van der Waals surface area contributed by atoms with Crippen LogP contribution < -0.4 is 10.9 Å². The Balaban J connectivity index is 1.53. The number of thiophene rings is 1. The van der Waals surface area contributed by atoms with Crippen molar-refractivity contribution in [2.75, 3.05) is 5.75 Å². The van der Waals surface area contributed by atoms with E-state index in [0.717, 1.165) is 41.5 Å². The van der Waals surface area contributed by atoms with Gasteiger partial charge in [0.15, 0.2) is 5.16 Å². The van der Waals surface area contributed by atoms with Crippen molar-refractivity contribution in [2.24, 2.45) is 0 Å². The zero-order valence-electron chi connectivity index (χ0n) is 16.4. The van der Waals surface area contributed by atoms with Gasteiger partial charge in [0.2, 0.25) is 5.91 Å². The van der Waals surface area contributed by atoms with Gasteiger partial charge in [-0.05, 0) is 48.9 Å². The average Bonchev–Trinajstić information content (AvgIpc) is 3.11. The van der Waals surface area contributed by atoms with E-state index in [4.69, 9.17) is 16.6 Å². The van der Waals surface area contributed by atoms with Gasteiger partial charge >= 0.3 is 0 Å². The Bertz CT molecular complexity index is 1170. The fourth-order valence-corrected chi connectivity index (χ4v) is 6.00. The maximum absolute atomic E-state index is 13.2. The molecule has 0 unspecified atom stereocenters. The summed E-state index contributed by atoms with van der Waals surface area (Å²) in [5.74, 6) is 0.0609. The molecule has 0 spiro atoms. The molecule has 2 aromatic heterocycles. The molecule has 8 heteroatoms. The molecule has 1 N–H and O–H groups in total. The third-order valence-corrected chi connectivity index (χ3v) is 7.46. The topological polar surface area (TPSA) is 64.0 Å². The number of hydrogen-bond donors (Lipinski definition) is 1. The molecule has 0 atom stereocenters. The first-order chi connectivity index (χ1) is 14.6. The Labute approximate surface area is 188 Å². The van der Waals surface area contributed by atoms with Gasteiger partial charge in [-0.15, -0.1) is 17.9 Å². The lowest BCUT2D eigenvalue weighted by Gasteiger charge is -2.12. The van der Waals surface area contributed by atoms with Gasteiger partial charge in [-0.3, -0.25) is 14.2 Å². The molecule has 0 saturated heterocycles. The predicted octanol–water partition coefficient (Wildman–Crippen LogP) is 4.58. The van der Waals surface area contributed by atoms with Crippen molar-refractivity contribution in [1.29, 1.82) is 0 Å². The Kier molecular flexibility index (Phi) is 6.61. The normalized spacial score (nSPS) is 13.2. The van der Waals surface area contributed by atoms with Crippen molar-refractivity contribution in [2.45, 2.75) is 43.9 Å². The van der Waals surface area contributed by atoms with E-state index in [9.17, 15) is 9.59 Å². The number of nitrogens with one attached hydrogen (secondary N) is 1. The van der Waals surface area contributed by atoms with E-state index < -0.39 is 0 Å². The van der Waals surface area contributed by atoms with Crippen LogP contribution in [0.15, 0.2) is 46.9 Å². The molecule has 0 bridgehead atoms. The molecular formula is C22H22ClN3O2S2. The number of carbonyl (C=O) groups is 1. The Hall–Kier alpha value is -2.09. The summed E-state index contributed by atoms with van der Waals surface area (Å²) in [5.41, 5.74) is 2.08. The number of fused-ring (bicyclic) bond motifs is 3. The van der Waals surface area contributed by atoms with Crippen molar-refractivity contribution >= 4 is 50.8 Å². The molecule has 30 heavy (non-hydrogen) atoms. The highest BCUT2D eigenvalue weighted by Gasteiger charge is 2.22. The van der Waals surface area contributed by atoms with Gasteiger partial charge in [0.05, 0.1) is 11.1 Å². The summed E-state index contributed by atoms with van der Waals surface area (Å²) in [4.78, 5) is 32.4. The van der Waals surface area contributed by atoms with E-state index in [1.165, 1.54) is 22.2 Å². The Morgan fingerprint density at radius 3 is 3.00 bits per heavy atom. The van der Waals surface area contributed by atoms with E-state index in [-0.39, 0.29) is 17.2 Å². The van der Waals surface area contributed by atoms with Crippen molar-refractivity contribution < 1.29 is 4.79 Å². The predicted molar refractivity (Wildman–Crippen MR) is 125 cm³/mol. The van der Waals surface area contributed by atoms with Crippen LogP contribution in [-0.2, 0) is 30.7 Å². The highest BCUT2D eigenvalue weighted by atomic mass is 35.5. The average molecular weight is 460 g/mol. The number of aromatic nitrogens is 2. The van der Waals surface area contributed by atoms with Crippen LogP contribution in [0, 0.1) is 0 Å². The number of thioether (sulfide) groups is 1. The zero-order valence-corrected chi connectivity index (χ0v) is 18.8. The summed E-state index contributed by atoms with van der Waals surface area (Å²) in [5, 5.41) is 4.84. The molecule has 4 rings (SSSR count). The van der Waals surface area contributed by atoms with E-state index in [1.807, 2.05) is 18.2 Å². The molecule has 0 fully saturated rings. The lowest BCUT2D eigenvalue weighted by Crippen LogP contribution is -2.26. The smallest absolute Gasteiger partial charge is 0.263 e. The molecule has 1 aliphatic rings. The Morgan fingerprint density at radius 2 is 2.20 bits per heavy atom. The summed E-state index contributed by atoms with van der Waals surface area (Å²) >= 11 is 8.89. The van der Waals surface area contributed by atoms with Crippen LogP contribution in [0.4, 0.5) is 0 Å². The highest BCUT2D eigenvalue weighted by Crippen LogP contribution is 2.34. The Morgan fingerprint density at radius 1 is 1.37 bits per heavy atom. The van der Waals surface area contributed by atoms with Gasteiger partial charge in [-0.1, -0.05) is 41.6 Å². The minimum Gasteiger partial charge on any atom is -0.351 e. The van der Waals surface area contributed by atoms with Crippen LogP contribution in [0.3, 0.4) is 0 Å². The van der Waals surface area contributed by atoms with E-state index in [0.29, 0.717) is 23.3 Å². The highest BCUT2D eigenvalue weighted by molar-refractivity contribution is 7.99. The molecular weight excluding hydrogens is 438 g/mol. The number of benzene rings is 1. The minimum absolute atomic E-state index is 0.0267. The number of aryl methyl sites for hydroxylation is 2. The van der Waals surface area contributed by atoms with Crippen LogP contribution in [0.25, 0.3) is 10.2 Å². The number of carbonyl (C=O) groups excluding carboxylic acids is 1. The van der Waals surface area contributed by atoms with Crippen LogP contribution in [0.1, 0.15) is 28.8 Å². The molecule has 1 amide bonds. The summed E-state index contributed by atoms with van der Waals surface area (Å²) in [6.45, 7) is 4.55. The quantitative estimate of drug-likeness (QED) is 0.319. The zero-order chi connectivity index (χ0) is 21.1. The molecule has 0 radical (unpaired) electrons. The maximum atomic E-state index is 13.2. The lowest BCUT2D eigenvalue weighted by atomic mass is 9.97. The van der Waals surface area contributed by atoms with Crippen LogP contribution >= 0.6 is 34.7 Å². The van der Waals surface area contributed by atoms with Crippen LogP contribution in [0.2, 0.25) is 5.02 Å². The van der Waals surface area contributed by atoms with Crippen molar-refractivity contribution in [1.82, 2.24) is 14.9 Å². The van der Waals surface area contributed by atoms with Crippen LogP contribution in [0.5, 0.6) is 0 Å². The first-order valence-electron chi connectivity index (χ1n) is 9.86. The SMILES string of the molecule is C=CCn1c(SCC(=O)NCc2cccc(Cl)c2)nc2sc3c(c2c1=O)CCCC3. The number of allylic oxidation sites excluding steroid dienone is 1. The molecule has 0 aliphatic heterocycles. The number of rotatable bonds is 7. The molecule has 1 aliphatic carbocycles. The second-order valence-corrected chi connectivity index (χ2v) is 9.65. The summed E-state index contributed by atoms with van der Waals surface area (Å²) < 4.78 is 1.63. The largest absolute Gasteiger partial charge is 0.351 e. The fraction of sp³-hybridized carbons (Fsp3) is 0.318. The summed E-state index contributed by atoms with van der Waals surface area (Å²) in [7, 11) is 0. The number of hydrogen-bond acceptors (Lipinski definition) is 5. The molecule has 2 heterocycles. The van der Waals surface area contributed by atoms with Gasteiger partial charge in [0, 0.05) is 23.0 Å². The molecule has 5 nitrogen and oxygen atoms in total. The molecule has 3 aromatic rings. The number of halogens is 1. The first kappa shape index (κ1) is 21.2.